The summed E-state index contributed by atoms with van der Waals surface area (Å²) < 4.78 is 71.8. The van der Waals surface area contributed by atoms with Gasteiger partial charge < -0.3 is 24.3 Å². The molecule has 2 heterocycles. The minimum Gasteiger partial charge on any atom is -0.619 e. The summed E-state index contributed by atoms with van der Waals surface area (Å²) in [5, 5.41) is 11.9. The number of sulfonamides is 1. The Bertz CT molecular complexity index is 1790. The highest BCUT2D eigenvalue weighted by atomic mass is 35.5. The molecule has 16 heteroatoms. The molecule has 5 rings (SSSR count). The highest BCUT2D eigenvalue weighted by molar-refractivity contribution is 7.89. The minimum atomic E-state index is -4.09. The molecule has 49 heavy (non-hydrogen) atoms. The molecule has 1 amide bonds. The van der Waals surface area contributed by atoms with E-state index in [2.05, 4.69) is 4.74 Å². The summed E-state index contributed by atoms with van der Waals surface area (Å²) in [5.41, 5.74) is 0.837. The Morgan fingerprint density at radius 1 is 1.06 bits per heavy atom. The number of alkyl halides is 2. The van der Waals surface area contributed by atoms with E-state index in [1.165, 1.54) is 51.7 Å². The Kier molecular flexibility index (Phi) is 11.5. The number of ether oxygens (including phenoxy) is 3. The Balaban J connectivity index is 1.41. The first-order chi connectivity index (χ1) is 23.2. The summed E-state index contributed by atoms with van der Waals surface area (Å²) in [6, 6.07) is 9.87. The number of esters is 1. The fourth-order valence-electron chi connectivity index (χ4n) is 5.45. The number of nitrogens with zero attached hydrogens (tertiary/aromatic N) is 3. The number of hydrogen-bond acceptors (Lipinski definition) is 8. The van der Waals surface area contributed by atoms with E-state index in [-0.39, 0.29) is 64.0 Å². The van der Waals surface area contributed by atoms with E-state index in [0.29, 0.717) is 34.6 Å². The van der Waals surface area contributed by atoms with Gasteiger partial charge in [-0.3, -0.25) is 9.59 Å². The van der Waals surface area contributed by atoms with E-state index in [1.54, 1.807) is 14.1 Å². The molecule has 2 fully saturated rings. The molecule has 2 aromatic carbocycles. The van der Waals surface area contributed by atoms with E-state index in [9.17, 15) is 32.0 Å². The van der Waals surface area contributed by atoms with Crippen molar-refractivity contribution in [2.24, 2.45) is 11.8 Å². The molecule has 1 aliphatic carbocycles. The van der Waals surface area contributed by atoms with E-state index >= 15 is 0 Å². The van der Waals surface area contributed by atoms with Crippen molar-refractivity contribution < 1.29 is 45.7 Å². The molecule has 1 saturated carbocycles. The predicted octanol–water partition coefficient (Wildman–Crippen LogP) is 5.65. The van der Waals surface area contributed by atoms with Crippen LogP contribution in [0.3, 0.4) is 0 Å². The monoisotopic (exact) mass is 741 g/mol. The second-order valence-electron chi connectivity index (χ2n) is 12.2. The minimum absolute atomic E-state index is 0.0105. The van der Waals surface area contributed by atoms with Crippen molar-refractivity contribution >= 4 is 45.1 Å². The van der Waals surface area contributed by atoms with Gasteiger partial charge in [0.15, 0.2) is 23.9 Å². The largest absolute Gasteiger partial charge is 0.619 e. The standard InChI is InChI=1S/C33H35Cl2F2N3O8S/c1-38(2)31(41)22-5-3-7-24(13-22)49(44,45)40-12-4-6-23(16-40)32(42)47-29(15-25-26(34)17-39(43)18-27(25)35)21-10-11-28(48-33(36)37)30(14-21)46-19-20-8-9-20/h3,5,7,10-11,13-14,17-18,20,23,29,33H,4,6,8-9,12,15-16,19H2,1-2H3/t23-,29-/m0/s1. The van der Waals surface area contributed by atoms with Crippen molar-refractivity contribution in [3.63, 3.8) is 0 Å². The fraction of sp³-hybridized carbons (Fsp3) is 0.424. The van der Waals surface area contributed by atoms with Crippen LogP contribution in [0.25, 0.3) is 0 Å². The van der Waals surface area contributed by atoms with Gasteiger partial charge in [0.05, 0.1) is 17.4 Å². The van der Waals surface area contributed by atoms with Crippen molar-refractivity contribution in [3.05, 3.63) is 86.8 Å². The van der Waals surface area contributed by atoms with Crippen LogP contribution in [-0.2, 0) is 26.0 Å². The fourth-order valence-corrected chi connectivity index (χ4v) is 7.62. The average Bonchev–Trinajstić information content (AvgIpc) is 3.89. The van der Waals surface area contributed by atoms with Crippen molar-refractivity contribution in [2.75, 3.05) is 33.8 Å². The zero-order valence-electron chi connectivity index (χ0n) is 26.7. The van der Waals surface area contributed by atoms with Crippen LogP contribution < -0.4 is 14.2 Å². The summed E-state index contributed by atoms with van der Waals surface area (Å²) >= 11 is 12.7. The van der Waals surface area contributed by atoms with Crippen molar-refractivity contribution in [1.29, 1.82) is 0 Å². The van der Waals surface area contributed by atoms with Gasteiger partial charge in [0, 0.05) is 44.7 Å². The molecule has 0 bridgehead atoms. The highest BCUT2D eigenvalue weighted by Crippen LogP contribution is 2.38. The number of aromatic nitrogens is 1. The summed E-state index contributed by atoms with van der Waals surface area (Å²) in [5.74, 6) is -1.82. The smallest absolute Gasteiger partial charge is 0.387 e. The van der Waals surface area contributed by atoms with Crippen molar-refractivity contribution in [1.82, 2.24) is 9.21 Å². The first-order valence-electron chi connectivity index (χ1n) is 15.5. The maximum Gasteiger partial charge on any atom is 0.387 e. The third-order valence-electron chi connectivity index (χ3n) is 8.28. The van der Waals surface area contributed by atoms with Gasteiger partial charge in [-0.25, -0.2) is 8.42 Å². The first-order valence-corrected chi connectivity index (χ1v) is 17.7. The topological polar surface area (TPSA) is 129 Å². The maximum absolute atomic E-state index is 13.8. The molecule has 11 nitrogen and oxygen atoms in total. The molecule has 3 aromatic rings. The first kappa shape index (κ1) is 36.6. The predicted molar refractivity (Wildman–Crippen MR) is 175 cm³/mol. The summed E-state index contributed by atoms with van der Waals surface area (Å²) in [7, 11) is -0.966. The lowest BCUT2D eigenvalue weighted by Gasteiger charge is -2.32. The third-order valence-corrected chi connectivity index (χ3v) is 10.8. The molecule has 264 valence electrons. The molecule has 0 unspecified atom stereocenters. The lowest BCUT2D eigenvalue weighted by Crippen LogP contribution is -2.43. The van der Waals surface area contributed by atoms with Gasteiger partial charge in [0.25, 0.3) is 5.91 Å². The molecular weight excluding hydrogens is 707 g/mol. The van der Waals surface area contributed by atoms with Gasteiger partial charge in [0.2, 0.25) is 10.0 Å². The van der Waals surface area contributed by atoms with Crippen LogP contribution in [0.15, 0.2) is 59.8 Å². The molecule has 1 saturated heterocycles. The Morgan fingerprint density at radius 2 is 1.78 bits per heavy atom. The lowest BCUT2D eigenvalue weighted by atomic mass is 9.98. The van der Waals surface area contributed by atoms with Crippen molar-refractivity contribution in [3.8, 4) is 11.5 Å². The molecule has 2 aliphatic rings. The second-order valence-corrected chi connectivity index (χ2v) is 14.9. The van der Waals surface area contributed by atoms with Gasteiger partial charge in [-0.1, -0.05) is 35.3 Å². The summed E-state index contributed by atoms with van der Waals surface area (Å²) in [6.07, 6.45) is 3.56. The second kappa shape index (κ2) is 15.4. The summed E-state index contributed by atoms with van der Waals surface area (Å²) in [4.78, 5) is 27.5. The van der Waals surface area contributed by atoms with Gasteiger partial charge in [0.1, 0.15) is 16.1 Å². The third kappa shape index (κ3) is 9.10. The van der Waals surface area contributed by atoms with Crippen LogP contribution in [0.1, 0.15) is 53.3 Å². The number of hydrogen-bond donors (Lipinski definition) is 0. The van der Waals surface area contributed by atoms with Crippen LogP contribution in [0.5, 0.6) is 11.5 Å². The molecule has 0 radical (unpaired) electrons. The number of carbonyl (C=O) groups excluding carboxylic acids is 2. The number of carbonyl (C=O) groups is 2. The Morgan fingerprint density at radius 3 is 2.43 bits per heavy atom. The van der Waals surface area contributed by atoms with E-state index < -0.39 is 34.6 Å². The maximum atomic E-state index is 13.8. The number of pyridine rings is 1. The lowest BCUT2D eigenvalue weighted by molar-refractivity contribution is -0.605. The average molecular weight is 743 g/mol. The molecule has 1 aliphatic heterocycles. The van der Waals surface area contributed by atoms with Crippen LogP contribution in [-0.4, -0.2) is 69.9 Å². The van der Waals surface area contributed by atoms with Crippen LogP contribution >= 0.6 is 23.2 Å². The number of amides is 1. The quantitative estimate of drug-likeness (QED) is 0.125. The Labute approximate surface area is 292 Å². The number of benzene rings is 2. The van der Waals surface area contributed by atoms with Gasteiger partial charge in [-0.15, -0.1) is 0 Å². The molecule has 0 N–H and O–H groups in total. The van der Waals surface area contributed by atoms with Crippen LogP contribution in [0.4, 0.5) is 8.78 Å². The van der Waals surface area contributed by atoms with E-state index in [0.717, 1.165) is 25.2 Å². The normalized spacial score (nSPS) is 17.4. The highest BCUT2D eigenvalue weighted by Gasteiger charge is 2.36. The molecule has 2 atom stereocenters. The zero-order chi connectivity index (χ0) is 35.5. The van der Waals surface area contributed by atoms with Gasteiger partial charge >= 0.3 is 12.6 Å². The van der Waals surface area contributed by atoms with Crippen molar-refractivity contribution in [2.45, 2.75) is 49.7 Å². The molecule has 1 aromatic heterocycles. The van der Waals surface area contributed by atoms with Gasteiger partial charge in [-0.2, -0.15) is 17.8 Å². The molecular formula is C33H35Cl2F2N3O8S. The SMILES string of the molecule is CN(C)C(=O)c1cccc(S(=O)(=O)N2CCC[C@H](C(=O)O[C@@H](Cc3c(Cl)c[n+]([O-])cc3Cl)c3ccc(OC(F)F)c(OCC4CC4)c3)C2)c1. The number of halogens is 4. The number of rotatable bonds is 13. The zero-order valence-corrected chi connectivity index (χ0v) is 29.0. The van der Waals surface area contributed by atoms with Crippen LogP contribution in [0.2, 0.25) is 10.0 Å². The van der Waals surface area contributed by atoms with Gasteiger partial charge in [-0.05, 0) is 67.5 Å². The van der Waals surface area contributed by atoms with E-state index in [1.807, 2.05) is 0 Å². The van der Waals surface area contributed by atoms with E-state index in [4.69, 9.17) is 32.7 Å². The van der Waals surface area contributed by atoms with Crippen LogP contribution in [0, 0.1) is 17.0 Å². The summed E-state index contributed by atoms with van der Waals surface area (Å²) in [6.45, 7) is -2.85. The molecule has 0 spiro atoms. The number of piperidine rings is 1. The Hall–Kier alpha value is -3.72.